The van der Waals surface area contributed by atoms with Gasteiger partial charge in [-0.25, -0.2) is 0 Å². The lowest BCUT2D eigenvalue weighted by Crippen LogP contribution is -2.34. The highest BCUT2D eigenvalue weighted by atomic mass is 32.1. The second-order valence-corrected chi connectivity index (χ2v) is 6.98. The van der Waals surface area contributed by atoms with Gasteiger partial charge in [-0.2, -0.15) is 0 Å². The number of carbonyl (C=O) groups excluding carboxylic acids is 2. The molecule has 0 saturated carbocycles. The van der Waals surface area contributed by atoms with Gasteiger partial charge in [-0.05, 0) is 55.7 Å². The van der Waals surface area contributed by atoms with Gasteiger partial charge in [-0.3, -0.25) is 14.9 Å². The zero-order valence-corrected chi connectivity index (χ0v) is 16.6. The van der Waals surface area contributed by atoms with E-state index in [0.29, 0.717) is 35.1 Å². The Morgan fingerprint density at radius 3 is 2.56 bits per heavy atom. The Morgan fingerprint density at radius 1 is 1.11 bits per heavy atom. The Bertz CT molecular complexity index is 834. The normalized spacial score (nSPS) is 10.4. The number of thiocarbonyl (C=S) groups is 1. The molecule has 2 aromatic carbocycles. The lowest BCUT2D eigenvalue weighted by atomic mass is 10.1. The fourth-order valence-corrected chi connectivity index (χ4v) is 2.54. The van der Waals surface area contributed by atoms with E-state index in [9.17, 15) is 9.59 Å². The van der Waals surface area contributed by atoms with Crippen molar-refractivity contribution in [3.63, 3.8) is 0 Å². The molecule has 0 radical (unpaired) electrons. The van der Waals surface area contributed by atoms with Gasteiger partial charge in [0.2, 0.25) is 0 Å². The molecular weight excluding hydrogens is 360 g/mol. The molecule has 0 fully saturated rings. The van der Waals surface area contributed by atoms with E-state index in [2.05, 4.69) is 24.5 Å². The van der Waals surface area contributed by atoms with Crippen LogP contribution in [0.25, 0.3) is 0 Å². The van der Waals surface area contributed by atoms with Crippen molar-refractivity contribution in [3.8, 4) is 5.75 Å². The third kappa shape index (κ3) is 6.49. The van der Waals surface area contributed by atoms with Crippen molar-refractivity contribution in [1.29, 1.82) is 0 Å². The van der Waals surface area contributed by atoms with Crippen LogP contribution in [-0.2, 0) is 0 Å². The Morgan fingerprint density at radius 2 is 1.85 bits per heavy atom. The molecule has 0 aliphatic carbocycles. The fourth-order valence-electron chi connectivity index (χ4n) is 2.33. The summed E-state index contributed by atoms with van der Waals surface area (Å²) in [5, 5.41) is 5.72. The minimum absolute atomic E-state index is 0.0407. The molecule has 1 amide bonds. The number of nitrogens with one attached hydrogen (secondary N) is 2. The highest BCUT2D eigenvalue weighted by Gasteiger charge is 2.14. The molecule has 0 spiro atoms. The van der Waals surface area contributed by atoms with Crippen molar-refractivity contribution in [1.82, 2.24) is 5.32 Å². The van der Waals surface area contributed by atoms with Crippen LogP contribution >= 0.6 is 12.2 Å². The van der Waals surface area contributed by atoms with Gasteiger partial charge in [-0.1, -0.05) is 38.1 Å². The molecule has 0 aliphatic rings. The van der Waals surface area contributed by atoms with Gasteiger partial charge in [0.15, 0.2) is 10.9 Å². The van der Waals surface area contributed by atoms with Crippen LogP contribution in [-0.4, -0.2) is 23.4 Å². The van der Waals surface area contributed by atoms with Crippen LogP contribution < -0.4 is 15.4 Å². The van der Waals surface area contributed by atoms with Gasteiger partial charge in [0.1, 0.15) is 5.75 Å². The maximum Gasteiger partial charge on any atom is 0.261 e. The van der Waals surface area contributed by atoms with Crippen LogP contribution in [0.3, 0.4) is 0 Å². The number of benzene rings is 2. The highest BCUT2D eigenvalue weighted by molar-refractivity contribution is 7.80. The molecule has 0 unspecified atom stereocenters. The van der Waals surface area contributed by atoms with E-state index in [4.69, 9.17) is 17.0 Å². The van der Waals surface area contributed by atoms with Gasteiger partial charge in [0.25, 0.3) is 5.91 Å². The molecule has 0 aromatic heterocycles. The van der Waals surface area contributed by atoms with E-state index in [-0.39, 0.29) is 16.8 Å². The number of amides is 1. The number of carbonyl (C=O) groups is 2. The second-order valence-electron chi connectivity index (χ2n) is 6.57. The Labute approximate surface area is 165 Å². The lowest BCUT2D eigenvalue weighted by molar-refractivity contribution is 0.0971. The minimum atomic E-state index is -0.352. The Hall–Kier alpha value is -2.73. The number of ether oxygens (including phenoxy) is 1. The number of anilines is 1. The summed E-state index contributed by atoms with van der Waals surface area (Å²) < 4.78 is 5.75. The molecule has 5 nitrogen and oxygen atoms in total. The van der Waals surface area contributed by atoms with Crippen LogP contribution in [0.5, 0.6) is 5.75 Å². The molecule has 27 heavy (non-hydrogen) atoms. The average molecular weight is 385 g/mol. The molecule has 2 aromatic rings. The Kier molecular flexibility index (Phi) is 7.49. The molecule has 2 N–H and O–H groups in total. The predicted molar refractivity (Wildman–Crippen MR) is 112 cm³/mol. The van der Waals surface area contributed by atoms with Gasteiger partial charge >= 0.3 is 0 Å². The second kappa shape index (κ2) is 9.83. The maximum absolute atomic E-state index is 12.6. The van der Waals surface area contributed by atoms with E-state index in [1.807, 2.05) is 6.07 Å². The monoisotopic (exact) mass is 384 g/mol. The standard InChI is InChI=1S/C21H24N2O3S/c1-14(2)11-12-26-19-10-5-4-9-18(19)20(25)23-21(27)22-17-8-6-7-16(13-17)15(3)24/h4-10,13-14H,11-12H2,1-3H3,(H2,22,23,25,27). The first-order valence-electron chi connectivity index (χ1n) is 8.82. The Balaban J connectivity index is 2.01. The molecular formula is C21H24N2O3S. The molecule has 2 rings (SSSR count). The van der Waals surface area contributed by atoms with Crippen LogP contribution in [0.2, 0.25) is 0 Å². The van der Waals surface area contributed by atoms with Gasteiger partial charge < -0.3 is 10.1 Å². The van der Waals surface area contributed by atoms with Crippen LogP contribution in [0.15, 0.2) is 48.5 Å². The van der Waals surface area contributed by atoms with Crippen molar-refractivity contribution in [2.45, 2.75) is 27.2 Å². The number of rotatable bonds is 7. The van der Waals surface area contributed by atoms with Crippen molar-refractivity contribution < 1.29 is 14.3 Å². The topological polar surface area (TPSA) is 67.4 Å². The van der Waals surface area contributed by atoms with E-state index >= 15 is 0 Å². The summed E-state index contributed by atoms with van der Waals surface area (Å²) >= 11 is 5.22. The zero-order valence-electron chi connectivity index (χ0n) is 15.7. The number of para-hydroxylation sites is 1. The summed E-state index contributed by atoms with van der Waals surface area (Å²) in [4.78, 5) is 24.0. The van der Waals surface area contributed by atoms with Gasteiger partial charge in [-0.15, -0.1) is 0 Å². The molecule has 0 bridgehead atoms. The summed E-state index contributed by atoms with van der Waals surface area (Å²) in [5.74, 6) is 0.655. The van der Waals surface area contributed by atoms with Gasteiger partial charge in [0.05, 0.1) is 12.2 Å². The van der Waals surface area contributed by atoms with E-state index < -0.39 is 0 Å². The largest absolute Gasteiger partial charge is 0.493 e. The zero-order chi connectivity index (χ0) is 19.8. The predicted octanol–water partition coefficient (Wildman–Crippen LogP) is 4.44. The molecule has 0 aliphatic heterocycles. The quantitative estimate of drug-likeness (QED) is 0.546. The van der Waals surface area contributed by atoms with Crippen molar-refractivity contribution in [3.05, 3.63) is 59.7 Å². The van der Waals surface area contributed by atoms with Crippen molar-refractivity contribution >= 4 is 34.7 Å². The number of ketones is 1. The average Bonchev–Trinajstić information content (AvgIpc) is 2.61. The summed E-state index contributed by atoms with van der Waals surface area (Å²) in [7, 11) is 0. The van der Waals surface area contributed by atoms with E-state index in [0.717, 1.165) is 6.42 Å². The maximum atomic E-state index is 12.6. The molecule has 0 atom stereocenters. The first-order chi connectivity index (χ1) is 12.9. The SMILES string of the molecule is CC(=O)c1cccc(NC(=S)NC(=O)c2ccccc2OCCC(C)C)c1. The molecule has 0 saturated heterocycles. The van der Waals surface area contributed by atoms with Crippen LogP contribution in [0.4, 0.5) is 5.69 Å². The smallest absolute Gasteiger partial charge is 0.261 e. The number of hydrogen-bond donors (Lipinski definition) is 2. The molecule has 142 valence electrons. The minimum Gasteiger partial charge on any atom is -0.493 e. The first kappa shape index (κ1) is 20.6. The fraction of sp³-hybridized carbons (Fsp3) is 0.286. The van der Waals surface area contributed by atoms with Crippen molar-refractivity contribution in [2.75, 3.05) is 11.9 Å². The third-order valence-corrected chi connectivity index (χ3v) is 4.04. The lowest BCUT2D eigenvalue weighted by Gasteiger charge is -2.14. The first-order valence-corrected chi connectivity index (χ1v) is 9.23. The van der Waals surface area contributed by atoms with Crippen LogP contribution in [0.1, 0.15) is 47.9 Å². The number of hydrogen-bond acceptors (Lipinski definition) is 4. The number of Topliss-reactive ketones (excluding diaryl/α,β-unsaturated/α-hetero) is 1. The highest BCUT2D eigenvalue weighted by Crippen LogP contribution is 2.19. The molecule has 6 heteroatoms. The van der Waals surface area contributed by atoms with Crippen molar-refractivity contribution in [2.24, 2.45) is 5.92 Å². The summed E-state index contributed by atoms with van der Waals surface area (Å²) in [6, 6.07) is 14.0. The molecule has 0 heterocycles. The van der Waals surface area contributed by atoms with E-state index in [1.54, 1.807) is 42.5 Å². The summed E-state index contributed by atoms with van der Waals surface area (Å²) in [6.07, 6.45) is 0.905. The van der Waals surface area contributed by atoms with Gasteiger partial charge in [0, 0.05) is 11.3 Å². The summed E-state index contributed by atoms with van der Waals surface area (Å²) in [5.41, 5.74) is 1.62. The van der Waals surface area contributed by atoms with Crippen LogP contribution in [0, 0.1) is 5.92 Å². The van der Waals surface area contributed by atoms with E-state index in [1.165, 1.54) is 6.92 Å². The third-order valence-electron chi connectivity index (χ3n) is 3.84. The summed E-state index contributed by atoms with van der Waals surface area (Å²) in [6.45, 7) is 6.28.